The van der Waals surface area contributed by atoms with E-state index in [0.717, 1.165) is 6.42 Å². The zero-order chi connectivity index (χ0) is 12.8. The summed E-state index contributed by atoms with van der Waals surface area (Å²) in [7, 11) is 0. The van der Waals surface area contributed by atoms with Crippen molar-refractivity contribution in [1.82, 2.24) is 0 Å². The molecule has 0 nitrogen and oxygen atoms in total. The number of hydrogen-bond acceptors (Lipinski definition) is 0. The highest BCUT2D eigenvalue weighted by atomic mass is 14.1. The lowest BCUT2D eigenvalue weighted by Crippen LogP contribution is -1.94. The van der Waals surface area contributed by atoms with E-state index in [9.17, 15) is 0 Å². The highest BCUT2D eigenvalue weighted by Crippen LogP contribution is 2.14. The Morgan fingerprint density at radius 3 is 2.11 bits per heavy atom. The summed E-state index contributed by atoms with van der Waals surface area (Å²) in [6.07, 6.45) is 4.75. The molecule has 0 aliphatic carbocycles. The van der Waals surface area contributed by atoms with Gasteiger partial charge in [0.2, 0.25) is 0 Å². The molecule has 0 saturated carbocycles. The van der Waals surface area contributed by atoms with E-state index in [1.165, 1.54) is 41.5 Å². The second kappa shape index (κ2) is 6.39. The van der Waals surface area contributed by atoms with Crippen molar-refractivity contribution >= 4 is 0 Å². The first kappa shape index (κ1) is 12.9. The first-order valence-electron chi connectivity index (χ1n) is 6.92. The maximum absolute atomic E-state index is 2.27. The number of rotatable bonds is 5. The number of aryl methyl sites for hydroxylation is 4. The third kappa shape index (κ3) is 3.46. The molecular formula is C18H22. The highest BCUT2D eigenvalue weighted by Gasteiger charge is 2.00. The Kier molecular flexibility index (Phi) is 4.58. The van der Waals surface area contributed by atoms with Crippen LogP contribution in [0, 0.1) is 6.92 Å². The molecule has 0 radical (unpaired) electrons. The third-order valence-corrected chi connectivity index (χ3v) is 3.53. The van der Waals surface area contributed by atoms with E-state index in [2.05, 4.69) is 62.4 Å². The van der Waals surface area contributed by atoms with Gasteiger partial charge in [0, 0.05) is 0 Å². The van der Waals surface area contributed by atoms with Gasteiger partial charge in [0.05, 0.1) is 0 Å². The van der Waals surface area contributed by atoms with E-state index in [0.29, 0.717) is 0 Å². The van der Waals surface area contributed by atoms with Crippen LogP contribution in [0.25, 0.3) is 0 Å². The Morgan fingerprint density at radius 1 is 0.778 bits per heavy atom. The highest BCUT2D eigenvalue weighted by molar-refractivity contribution is 5.27. The van der Waals surface area contributed by atoms with E-state index in [-0.39, 0.29) is 0 Å². The molecule has 0 aliphatic heterocycles. The number of benzene rings is 2. The van der Waals surface area contributed by atoms with Crippen LogP contribution in [-0.2, 0) is 19.3 Å². The molecule has 0 amide bonds. The summed E-state index contributed by atoms with van der Waals surface area (Å²) in [6.45, 7) is 4.38. The first-order valence-corrected chi connectivity index (χ1v) is 6.92. The molecule has 0 saturated heterocycles. The molecule has 2 aromatic carbocycles. The lowest BCUT2D eigenvalue weighted by Gasteiger charge is -2.07. The molecule has 0 bridgehead atoms. The standard InChI is InChI=1S/C18H22/c1-3-17-8-4-5-9-18(17)10-6-7-16-13-11-15(2)12-14-16/h4-5,8-9,11-14H,3,6-7,10H2,1-2H3. The Morgan fingerprint density at radius 2 is 1.44 bits per heavy atom. The first-order chi connectivity index (χ1) is 8.79. The van der Waals surface area contributed by atoms with Crippen LogP contribution < -0.4 is 0 Å². The molecule has 0 unspecified atom stereocenters. The fourth-order valence-electron chi connectivity index (χ4n) is 2.38. The van der Waals surface area contributed by atoms with Gasteiger partial charge in [0.1, 0.15) is 0 Å². The zero-order valence-electron chi connectivity index (χ0n) is 11.4. The van der Waals surface area contributed by atoms with E-state index >= 15 is 0 Å². The van der Waals surface area contributed by atoms with Gasteiger partial charge >= 0.3 is 0 Å². The molecule has 0 atom stereocenters. The average Bonchev–Trinajstić information content (AvgIpc) is 2.41. The summed E-state index contributed by atoms with van der Waals surface area (Å²) in [4.78, 5) is 0. The van der Waals surface area contributed by atoms with E-state index in [1.807, 2.05) is 0 Å². The Labute approximate surface area is 111 Å². The fraction of sp³-hybridized carbons (Fsp3) is 0.333. The second-order valence-electron chi connectivity index (χ2n) is 4.96. The van der Waals surface area contributed by atoms with Crippen LogP contribution in [-0.4, -0.2) is 0 Å². The molecule has 0 heterocycles. The maximum Gasteiger partial charge on any atom is -0.0273 e. The van der Waals surface area contributed by atoms with Crippen LogP contribution >= 0.6 is 0 Å². The van der Waals surface area contributed by atoms with Crippen molar-refractivity contribution in [1.29, 1.82) is 0 Å². The third-order valence-electron chi connectivity index (χ3n) is 3.53. The molecular weight excluding hydrogens is 216 g/mol. The lowest BCUT2D eigenvalue weighted by atomic mass is 9.98. The SMILES string of the molecule is CCc1ccccc1CCCc1ccc(C)cc1. The lowest BCUT2D eigenvalue weighted by molar-refractivity contribution is 0.811. The van der Waals surface area contributed by atoms with Crippen LogP contribution in [0.3, 0.4) is 0 Å². The molecule has 2 rings (SSSR count). The van der Waals surface area contributed by atoms with Gasteiger partial charge in [0.15, 0.2) is 0 Å². The summed E-state index contributed by atoms with van der Waals surface area (Å²) >= 11 is 0. The van der Waals surface area contributed by atoms with Crippen molar-refractivity contribution in [2.24, 2.45) is 0 Å². The van der Waals surface area contributed by atoms with Gasteiger partial charge in [-0.25, -0.2) is 0 Å². The topological polar surface area (TPSA) is 0 Å². The van der Waals surface area contributed by atoms with Crippen LogP contribution in [0.1, 0.15) is 35.6 Å². The molecule has 0 N–H and O–H groups in total. The van der Waals surface area contributed by atoms with E-state index < -0.39 is 0 Å². The molecule has 0 heteroatoms. The van der Waals surface area contributed by atoms with Crippen molar-refractivity contribution in [2.45, 2.75) is 39.5 Å². The summed E-state index contributed by atoms with van der Waals surface area (Å²) in [5.41, 5.74) is 5.82. The van der Waals surface area contributed by atoms with Crippen molar-refractivity contribution in [3.05, 3.63) is 70.8 Å². The van der Waals surface area contributed by atoms with Gasteiger partial charge in [-0.2, -0.15) is 0 Å². The summed E-state index contributed by atoms with van der Waals surface area (Å²) in [5.74, 6) is 0. The predicted octanol–water partition coefficient (Wildman–Crippen LogP) is 4.73. The quantitative estimate of drug-likeness (QED) is 0.706. The summed E-state index contributed by atoms with van der Waals surface area (Å²) in [5, 5.41) is 0. The van der Waals surface area contributed by atoms with E-state index in [4.69, 9.17) is 0 Å². The largest absolute Gasteiger partial charge is 0.0620 e. The van der Waals surface area contributed by atoms with E-state index in [1.54, 1.807) is 0 Å². The van der Waals surface area contributed by atoms with Crippen LogP contribution in [0.4, 0.5) is 0 Å². The molecule has 0 spiro atoms. The fourth-order valence-corrected chi connectivity index (χ4v) is 2.38. The van der Waals surface area contributed by atoms with Gasteiger partial charge in [-0.3, -0.25) is 0 Å². The number of hydrogen-bond donors (Lipinski definition) is 0. The zero-order valence-corrected chi connectivity index (χ0v) is 11.4. The molecule has 0 aliphatic rings. The Hall–Kier alpha value is -1.56. The minimum atomic E-state index is 1.14. The summed E-state index contributed by atoms with van der Waals surface area (Å²) in [6, 6.07) is 17.7. The Bertz CT molecular complexity index is 480. The van der Waals surface area contributed by atoms with Crippen molar-refractivity contribution < 1.29 is 0 Å². The smallest absolute Gasteiger partial charge is 0.0273 e. The minimum absolute atomic E-state index is 1.14. The average molecular weight is 238 g/mol. The van der Waals surface area contributed by atoms with Gasteiger partial charge in [-0.15, -0.1) is 0 Å². The maximum atomic E-state index is 2.27. The molecule has 0 aromatic heterocycles. The predicted molar refractivity (Wildman–Crippen MR) is 79.0 cm³/mol. The molecule has 94 valence electrons. The van der Waals surface area contributed by atoms with Crippen molar-refractivity contribution in [3.8, 4) is 0 Å². The van der Waals surface area contributed by atoms with Crippen molar-refractivity contribution in [2.75, 3.05) is 0 Å². The van der Waals surface area contributed by atoms with Gasteiger partial charge in [-0.05, 0) is 49.3 Å². The molecule has 2 aromatic rings. The second-order valence-corrected chi connectivity index (χ2v) is 4.96. The van der Waals surface area contributed by atoms with Gasteiger partial charge in [-0.1, -0.05) is 61.0 Å². The summed E-state index contributed by atoms with van der Waals surface area (Å²) < 4.78 is 0. The normalized spacial score (nSPS) is 10.6. The van der Waals surface area contributed by atoms with Crippen LogP contribution in [0.5, 0.6) is 0 Å². The monoisotopic (exact) mass is 238 g/mol. The minimum Gasteiger partial charge on any atom is -0.0620 e. The Balaban J connectivity index is 1.90. The molecule has 18 heavy (non-hydrogen) atoms. The van der Waals surface area contributed by atoms with Gasteiger partial charge in [0.25, 0.3) is 0 Å². The molecule has 0 fully saturated rings. The van der Waals surface area contributed by atoms with Crippen LogP contribution in [0.2, 0.25) is 0 Å². The van der Waals surface area contributed by atoms with Crippen molar-refractivity contribution in [3.63, 3.8) is 0 Å². The van der Waals surface area contributed by atoms with Crippen LogP contribution in [0.15, 0.2) is 48.5 Å². The van der Waals surface area contributed by atoms with Gasteiger partial charge < -0.3 is 0 Å².